The van der Waals surface area contributed by atoms with Crippen molar-refractivity contribution in [3.05, 3.63) is 73.9 Å². The van der Waals surface area contributed by atoms with E-state index in [2.05, 4.69) is 25.3 Å². The first-order valence-electron chi connectivity index (χ1n) is 11.6. The number of hydrogen-bond donors (Lipinski definition) is 1. The average molecular weight is 585 g/mol. The summed E-state index contributed by atoms with van der Waals surface area (Å²) in [4.78, 5) is 46.1. The van der Waals surface area contributed by atoms with Gasteiger partial charge in [-0.3, -0.25) is 19.9 Å². The second-order valence-electron chi connectivity index (χ2n) is 8.73. The largest absolute Gasteiger partial charge is 0.494 e. The Balaban J connectivity index is 1.35. The number of fused-ring (bicyclic) bond motifs is 1. The van der Waals surface area contributed by atoms with Gasteiger partial charge >= 0.3 is 0 Å². The number of ether oxygens (including phenoxy) is 2. The van der Waals surface area contributed by atoms with Gasteiger partial charge in [0.05, 0.1) is 55.2 Å². The molecule has 39 heavy (non-hydrogen) atoms. The fraction of sp³-hybridized carbons (Fsp3) is 0.231. The Morgan fingerprint density at radius 1 is 1.00 bits per heavy atom. The van der Waals surface area contributed by atoms with E-state index in [1.807, 2.05) is 6.92 Å². The molecule has 0 aromatic carbocycles. The van der Waals surface area contributed by atoms with Crippen LogP contribution < -0.4 is 14.8 Å². The molecule has 2 amide bonds. The van der Waals surface area contributed by atoms with E-state index >= 15 is 0 Å². The van der Waals surface area contributed by atoms with Crippen molar-refractivity contribution in [2.75, 3.05) is 19.5 Å². The molecule has 4 aromatic heterocycles. The number of anilines is 1. The molecule has 0 radical (unpaired) electrons. The van der Waals surface area contributed by atoms with Gasteiger partial charge in [-0.25, -0.2) is 15.0 Å². The number of methoxy groups -OCH3 is 2. The molecule has 0 bridgehead atoms. The standard InChI is InChI=1S/C26H22Cl2N6O4S/c1-12-5-21(38-4)32-23(28)22(12)25(36)34-10-17-19(11-34)39-26(31-17)33-24(35)16-8-29-13(2)6-14(16)15-7-20(27)30-9-18(15)37-3/h5-9H,10-11H2,1-4H3,(H,31,33,35). The van der Waals surface area contributed by atoms with E-state index in [0.717, 1.165) is 10.6 Å². The molecule has 1 N–H and O–H groups in total. The Labute approximate surface area is 238 Å². The highest BCUT2D eigenvalue weighted by molar-refractivity contribution is 7.16. The number of carbonyl (C=O) groups is 2. The first-order valence-corrected chi connectivity index (χ1v) is 13.2. The summed E-state index contributed by atoms with van der Waals surface area (Å²) in [5, 5.41) is 3.64. The Kier molecular flexibility index (Phi) is 7.39. The van der Waals surface area contributed by atoms with E-state index in [9.17, 15) is 9.59 Å². The van der Waals surface area contributed by atoms with Crippen LogP contribution in [0.5, 0.6) is 11.6 Å². The quantitative estimate of drug-likeness (QED) is 0.301. The zero-order valence-corrected chi connectivity index (χ0v) is 23.7. The van der Waals surface area contributed by atoms with Crippen molar-refractivity contribution in [2.24, 2.45) is 0 Å². The van der Waals surface area contributed by atoms with Crippen molar-refractivity contribution in [2.45, 2.75) is 26.9 Å². The average Bonchev–Trinajstić information content (AvgIpc) is 3.46. The number of nitrogens with one attached hydrogen (secondary N) is 1. The molecule has 5 rings (SSSR count). The molecule has 0 aliphatic carbocycles. The first kappa shape index (κ1) is 26.8. The third-order valence-corrected chi connectivity index (χ3v) is 7.64. The van der Waals surface area contributed by atoms with Crippen LogP contribution in [-0.4, -0.2) is 50.9 Å². The number of thiazole rings is 1. The van der Waals surface area contributed by atoms with Gasteiger partial charge in [0.1, 0.15) is 16.1 Å². The Morgan fingerprint density at radius 2 is 1.79 bits per heavy atom. The number of rotatable bonds is 6. The van der Waals surface area contributed by atoms with Crippen molar-refractivity contribution in [3.63, 3.8) is 0 Å². The second kappa shape index (κ2) is 10.8. The van der Waals surface area contributed by atoms with Crippen LogP contribution in [0.4, 0.5) is 5.13 Å². The number of halogens is 2. The van der Waals surface area contributed by atoms with Gasteiger partial charge in [-0.1, -0.05) is 34.5 Å². The molecule has 1 aliphatic heterocycles. The van der Waals surface area contributed by atoms with E-state index in [1.54, 1.807) is 30.0 Å². The highest BCUT2D eigenvalue weighted by Gasteiger charge is 2.31. The summed E-state index contributed by atoms with van der Waals surface area (Å²) < 4.78 is 10.6. The van der Waals surface area contributed by atoms with Crippen molar-refractivity contribution >= 4 is 51.5 Å². The van der Waals surface area contributed by atoms with Gasteiger partial charge in [0.25, 0.3) is 11.8 Å². The lowest BCUT2D eigenvalue weighted by Gasteiger charge is -2.18. The van der Waals surface area contributed by atoms with Crippen LogP contribution in [0.3, 0.4) is 0 Å². The fourth-order valence-electron chi connectivity index (χ4n) is 4.28. The molecule has 10 nitrogen and oxygen atoms in total. The summed E-state index contributed by atoms with van der Waals surface area (Å²) in [6.07, 6.45) is 3.01. The summed E-state index contributed by atoms with van der Waals surface area (Å²) >= 11 is 13.7. The number of amides is 2. The molecule has 5 heterocycles. The van der Waals surface area contributed by atoms with Gasteiger partial charge in [-0.2, -0.15) is 0 Å². The van der Waals surface area contributed by atoms with E-state index < -0.39 is 0 Å². The molecule has 0 atom stereocenters. The number of aryl methyl sites for hydroxylation is 2. The van der Waals surface area contributed by atoms with Gasteiger partial charge in [0.2, 0.25) is 5.88 Å². The SMILES string of the molecule is COc1cc(C)c(C(=O)N2Cc3nc(NC(=O)c4cnc(C)cc4-c4cc(Cl)ncc4OC)sc3C2)c(Cl)n1. The normalized spacial score (nSPS) is 12.3. The molecule has 1 aliphatic rings. The van der Waals surface area contributed by atoms with Crippen molar-refractivity contribution < 1.29 is 19.1 Å². The maximum absolute atomic E-state index is 13.3. The van der Waals surface area contributed by atoms with E-state index in [0.29, 0.717) is 56.8 Å². The maximum Gasteiger partial charge on any atom is 0.259 e. The van der Waals surface area contributed by atoms with Crippen LogP contribution in [0.1, 0.15) is 42.5 Å². The van der Waals surface area contributed by atoms with Crippen LogP contribution in [0.15, 0.2) is 30.6 Å². The highest BCUT2D eigenvalue weighted by Crippen LogP contribution is 2.36. The predicted octanol–water partition coefficient (Wildman–Crippen LogP) is 5.34. The molecule has 0 spiro atoms. The van der Waals surface area contributed by atoms with Crippen molar-refractivity contribution in [3.8, 4) is 22.8 Å². The summed E-state index contributed by atoms with van der Waals surface area (Å²) in [6, 6.07) is 5.10. The Bertz CT molecular complexity index is 1580. The molecule has 4 aromatic rings. The van der Waals surface area contributed by atoms with Gasteiger partial charge in [0.15, 0.2) is 5.13 Å². The van der Waals surface area contributed by atoms with E-state index in [-0.39, 0.29) is 28.7 Å². The molecule has 0 saturated heterocycles. The lowest BCUT2D eigenvalue weighted by molar-refractivity contribution is 0.0749. The number of pyridine rings is 3. The highest BCUT2D eigenvalue weighted by atomic mass is 35.5. The maximum atomic E-state index is 13.3. The number of carbonyl (C=O) groups excluding carboxylic acids is 2. The molecule has 0 fully saturated rings. The van der Waals surface area contributed by atoms with Crippen LogP contribution in [-0.2, 0) is 13.1 Å². The molecular formula is C26H22Cl2N6O4S. The molecule has 0 unspecified atom stereocenters. The monoisotopic (exact) mass is 584 g/mol. The minimum absolute atomic E-state index is 0.0858. The predicted molar refractivity (Wildman–Crippen MR) is 148 cm³/mol. The zero-order valence-electron chi connectivity index (χ0n) is 21.3. The topological polar surface area (TPSA) is 119 Å². The van der Waals surface area contributed by atoms with Crippen LogP contribution in [0.2, 0.25) is 10.3 Å². The van der Waals surface area contributed by atoms with Crippen molar-refractivity contribution in [1.29, 1.82) is 0 Å². The minimum atomic E-state index is -0.389. The van der Waals surface area contributed by atoms with Gasteiger partial charge in [-0.05, 0) is 31.5 Å². The van der Waals surface area contributed by atoms with Crippen LogP contribution in [0, 0.1) is 13.8 Å². The van der Waals surface area contributed by atoms with Crippen molar-refractivity contribution in [1.82, 2.24) is 24.8 Å². The lowest BCUT2D eigenvalue weighted by atomic mass is 10.0. The number of aromatic nitrogens is 4. The van der Waals surface area contributed by atoms with E-state index in [4.69, 9.17) is 32.7 Å². The first-order chi connectivity index (χ1) is 18.7. The summed E-state index contributed by atoms with van der Waals surface area (Å²) in [6.45, 7) is 4.24. The van der Waals surface area contributed by atoms with E-state index in [1.165, 1.54) is 38.0 Å². The molecule has 13 heteroatoms. The molecule has 200 valence electrons. The third kappa shape index (κ3) is 5.25. The Hall–Kier alpha value is -3.80. The molecule has 0 saturated carbocycles. The summed E-state index contributed by atoms with van der Waals surface area (Å²) in [5.74, 6) is 0.178. The van der Waals surface area contributed by atoms with Gasteiger partial charge < -0.3 is 14.4 Å². The molecular weight excluding hydrogens is 563 g/mol. The summed E-state index contributed by atoms with van der Waals surface area (Å²) in [5.41, 5.74) is 3.97. The van der Waals surface area contributed by atoms with Gasteiger partial charge in [-0.15, -0.1) is 0 Å². The fourth-order valence-corrected chi connectivity index (χ4v) is 5.73. The number of nitrogens with zero attached hydrogens (tertiary/aromatic N) is 5. The van der Waals surface area contributed by atoms with Gasteiger partial charge in [0, 0.05) is 29.1 Å². The third-order valence-electron chi connectivity index (χ3n) is 6.16. The minimum Gasteiger partial charge on any atom is -0.494 e. The summed E-state index contributed by atoms with van der Waals surface area (Å²) in [7, 11) is 3.01. The number of hydrogen-bond acceptors (Lipinski definition) is 9. The van der Waals surface area contributed by atoms with Crippen LogP contribution >= 0.6 is 34.5 Å². The lowest BCUT2D eigenvalue weighted by Crippen LogP contribution is -2.27. The Morgan fingerprint density at radius 3 is 2.49 bits per heavy atom. The van der Waals surface area contributed by atoms with Crippen LogP contribution in [0.25, 0.3) is 11.1 Å². The smallest absolute Gasteiger partial charge is 0.259 e. The zero-order chi connectivity index (χ0) is 27.8. The second-order valence-corrected chi connectivity index (χ2v) is 10.6.